The number of benzene rings is 1. The highest BCUT2D eigenvalue weighted by molar-refractivity contribution is 6.29. The molecule has 0 bridgehead atoms. The van der Waals surface area contributed by atoms with Crippen LogP contribution in [0.4, 0.5) is 11.5 Å². The van der Waals surface area contributed by atoms with E-state index >= 15 is 0 Å². The topological polar surface area (TPSA) is 74.1 Å². The molecule has 0 aliphatic carbocycles. The maximum Gasteiger partial charge on any atom is 0.224 e. The van der Waals surface area contributed by atoms with Crippen molar-refractivity contribution >= 4 is 34.0 Å². The van der Waals surface area contributed by atoms with E-state index in [1.165, 1.54) is 0 Å². The fraction of sp³-hybridized carbons (Fsp3) is 0.421. The second-order valence-corrected chi connectivity index (χ2v) is 7.15. The highest BCUT2D eigenvalue weighted by Gasteiger charge is 2.18. The van der Waals surface area contributed by atoms with Gasteiger partial charge in [0.1, 0.15) is 17.8 Å². The van der Waals surface area contributed by atoms with Gasteiger partial charge in [0.25, 0.3) is 0 Å². The zero-order chi connectivity index (χ0) is 18.8. The minimum atomic E-state index is -0.0140. The lowest BCUT2D eigenvalue weighted by Gasteiger charge is -2.22. The van der Waals surface area contributed by atoms with Crippen LogP contribution in [0.2, 0.25) is 5.28 Å². The molecule has 142 valence electrons. The molecule has 2 aromatic heterocycles. The quantitative estimate of drug-likeness (QED) is 0.639. The van der Waals surface area contributed by atoms with Crippen molar-refractivity contribution in [3.63, 3.8) is 0 Å². The maximum atomic E-state index is 6.13. The van der Waals surface area contributed by atoms with E-state index in [2.05, 4.69) is 20.4 Å². The average Bonchev–Trinajstić information content (AvgIpc) is 3.10. The number of aromatic nitrogens is 4. The van der Waals surface area contributed by atoms with Crippen LogP contribution in [0.1, 0.15) is 39.3 Å². The van der Waals surface area contributed by atoms with Gasteiger partial charge >= 0.3 is 0 Å². The van der Waals surface area contributed by atoms with Gasteiger partial charge in [-0.2, -0.15) is 10.1 Å². The van der Waals surface area contributed by atoms with E-state index in [9.17, 15) is 0 Å². The Hall–Kier alpha value is -2.38. The number of anilines is 2. The van der Waals surface area contributed by atoms with Crippen molar-refractivity contribution in [1.29, 1.82) is 0 Å². The lowest BCUT2D eigenvalue weighted by molar-refractivity contribution is -0.0394. The first kappa shape index (κ1) is 18.0. The molecule has 1 aliphatic heterocycles. The van der Waals surface area contributed by atoms with Gasteiger partial charge < -0.3 is 14.8 Å². The molecule has 1 unspecified atom stereocenters. The van der Waals surface area contributed by atoms with Crippen LogP contribution in [0.3, 0.4) is 0 Å². The number of rotatable bonds is 5. The number of nitrogens with zero attached hydrogens (tertiary/aromatic N) is 4. The minimum absolute atomic E-state index is 0.0140. The van der Waals surface area contributed by atoms with Gasteiger partial charge in [0.2, 0.25) is 5.28 Å². The predicted molar refractivity (Wildman–Crippen MR) is 105 cm³/mol. The van der Waals surface area contributed by atoms with Crippen LogP contribution in [-0.4, -0.2) is 32.5 Å². The Morgan fingerprint density at radius 2 is 2.19 bits per heavy atom. The molecule has 1 aliphatic rings. The first-order valence-corrected chi connectivity index (χ1v) is 9.53. The molecule has 4 rings (SSSR count). The molecule has 1 N–H and O–H groups in total. The number of hydrogen-bond donors (Lipinski definition) is 1. The zero-order valence-corrected chi connectivity index (χ0v) is 16.1. The van der Waals surface area contributed by atoms with Crippen molar-refractivity contribution in [3.8, 4) is 5.75 Å². The van der Waals surface area contributed by atoms with E-state index in [0.717, 1.165) is 42.5 Å². The Morgan fingerprint density at radius 3 is 2.96 bits per heavy atom. The monoisotopic (exact) mass is 387 g/mol. The highest BCUT2D eigenvalue weighted by Crippen LogP contribution is 2.33. The summed E-state index contributed by atoms with van der Waals surface area (Å²) in [4.78, 5) is 8.70. The largest absolute Gasteiger partial charge is 0.490 e. The minimum Gasteiger partial charge on any atom is -0.490 e. The molecule has 1 aromatic carbocycles. The summed E-state index contributed by atoms with van der Waals surface area (Å²) in [5, 5.41) is 8.70. The van der Waals surface area contributed by atoms with Crippen molar-refractivity contribution in [2.45, 2.75) is 45.4 Å². The molecule has 3 aromatic rings. The number of fused-ring (bicyclic) bond motifs is 1. The van der Waals surface area contributed by atoms with Gasteiger partial charge in [0, 0.05) is 6.61 Å². The predicted octanol–water partition coefficient (Wildman–Crippen LogP) is 4.71. The Balaban J connectivity index is 1.68. The Bertz CT molecular complexity index is 937. The molecule has 8 heteroatoms. The zero-order valence-electron chi connectivity index (χ0n) is 15.4. The Kier molecular flexibility index (Phi) is 5.13. The van der Waals surface area contributed by atoms with Gasteiger partial charge in [0.05, 0.1) is 35.1 Å². The average molecular weight is 388 g/mol. The number of hydrogen-bond acceptors (Lipinski definition) is 6. The second kappa shape index (κ2) is 7.70. The molecule has 1 saturated heterocycles. The van der Waals surface area contributed by atoms with Gasteiger partial charge in [-0.1, -0.05) is 6.07 Å². The normalized spacial score (nSPS) is 17.4. The first-order chi connectivity index (χ1) is 13.1. The summed E-state index contributed by atoms with van der Waals surface area (Å²) in [5.41, 5.74) is 1.53. The smallest absolute Gasteiger partial charge is 0.224 e. The SMILES string of the molecule is CC(C)Oc1cccc2nc(Cl)nc(Nc3cnn(C4CCCCO4)c3)c12. The fourth-order valence-corrected chi connectivity index (χ4v) is 3.37. The third kappa shape index (κ3) is 3.99. The molecule has 1 atom stereocenters. The van der Waals surface area contributed by atoms with Crippen molar-refractivity contribution in [2.75, 3.05) is 11.9 Å². The van der Waals surface area contributed by atoms with E-state index in [1.807, 2.05) is 42.9 Å². The second-order valence-electron chi connectivity index (χ2n) is 6.81. The van der Waals surface area contributed by atoms with Crippen molar-refractivity contribution in [2.24, 2.45) is 0 Å². The van der Waals surface area contributed by atoms with Gasteiger partial charge in [-0.25, -0.2) is 9.67 Å². The summed E-state index contributed by atoms with van der Waals surface area (Å²) in [6.07, 6.45) is 6.92. The Labute approximate surface area is 162 Å². The molecule has 0 radical (unpaired) electrons. The lowest BCUT2D eigenvalue weighted by atomic mass is 10.2. The third-order valence-electron chi connectivity index (χ3n) is 4.34. The highest BCUT2D eigenvalue weighted by atomic mass is 35.5. The van der Waals surface area contributed by atoms with Crippen molar-refractivity contribution in [3.05, 3.63) is 35.9 Å². The van der Waals surface area contributed by atoms with E-state index in [-0.39, 0.29) is 17.6 Å². The Morgan fingerprint density at radius 1 is 1.30 bits per heavy atom. The van der Waals surface area contributed by atoms with E-state index in [0.29, 0.717) is 11.6 Å². The summed E-state index contributed by atoms with van der Waals surface area (Å²) in [6.45, 7) is 4.74. The molecule has 0 saturated carbocycles. The van der Waals surface area contributed by atoms with Crippen LogP contribution in [-0.2, 0) is 4.74 Å². The summed E-state index contributed by atoms with van der Waals surface area (Å²) in [5.74, 6) is 1.30. The molecule has 1 fully saturated rings. The summed E-state index contributed by atoms with van der Waals surface area (Å²) in [6, 6.07) is 5.69. The lowest BCUT2D eigenvalue weighted by Crippen LogP contribution is -2.18. The number of nitrogens with one attached hydrogen (secondary N) is 1. The van der Waals surface area contributed by atoms with E-state index in [1.54, 1.807) is 6.20 Å². The summed E-state index contributed by atoms with van der Waals surface area (Å²) < 4.78 is 13.6. The molecule has 0 amide bonds. The maximum absolute atomic E-state index is 6.13. The molecule has 3 heterocycles. The van der Waals surface area contributed by atoms with Crippen LogP contribution in [0, 0.1) is 0 Å². The molecular formula is C19H22ClN5O2. The van der Waals surface area contributed by atoms with Crippen molar-refractivity contribution < 1.29 is 9.47 Å². The molecular weight excluding hydrogens is 366 g/mol. The van der Waals surface area contributed by atoms with Crippen LogP contribution >= 0.6 is 11.6 Å². The van der Waals surface area contributed by atoms with E-state index in [4.69, 9.17) is 21.1 Å². The van der Waals surface area contributed by atoms with Crippen LogP contribution < -0.4 is 10.1 Å². The van der Waals surface area contributed by atoms with Gasteiger partial charge in [0.15, 0.2) is 0 Å². The van der Waals surface area contributed by atoms with Crippen LogP contribution in [0.15, 0.2) is 30.6 Å². The van der Waals surface area contributed by atoms with Crippen molar-refractivity contribution in [1.82, 2.24) is 19.7 Å². The molecule has 7 nitrogen and oxygen atoms in total. The third-order valence-corrected chi connectivity index (χ3v) is 4.50. The standard InChI is InChI=1S/C19H22ClN5O2/c1-12(2)27-15-7-5-6-14-17(15)18(24-19(20)23-14)22-13-10-21-25(11-13)16-8-3-4-9-26-16/h5-7,10-12,16H,3-4,8-9H2,1-2H3,(H,22,23,24). The van der Waals surface area contributed by atoms with E-state index < -0.39 is 0 Å². The van der Waals surface area contributed by atoms with Crippen LogP contribution in [0.5, 0.6) is 5.75 Å². The summed E-state index contributed by atoms with van der Waals surface area (Å²) in [7, 11) is 0. The molecule has 27 heavy (non-hydrogen) atoms. The fourth-order valence-electron chi connectivity index (χ4n) is 3.20. The van der Waals surface area contributed by atoms with Gasteiger partial charge in [-0.3, -0.25) is 0 Å². The summed E-state index contributed by atoms with van der Waals surface area (Å²) >= 11 is 6.13. The van der Waals surface area contributed by atoms with Gasteiger partial charge in [-0.05, 0) is 56.8 Å². The first-order valence-electron chi connectivity index (χ1n) is 9.16. The van der Waals surface area contributed by atoms with Gasteiger partial charge in [-0.15, -0.1) is 0 Å². The molecule has 0 spiro atoms. The number of ether oxygens (including phenoxy) is 2. The van der Waals surface area contributed by atoms with Crippen LogP contribution in [0.25, 0.3) is 10.9 Å². The number of halogens is 1.